The van der Waals surface area contributed by atoms with Crippen LogP contribution in [0.4, 0.5) is 5.69 Å². The predicted octanol–water partition coefficient (Wildman–Crippen LogP) is 4.13. The van der Waals surface area contributed by atoms with Gasteiger partial charge in [-0.1, -0.05) is 18.9 Å². The zero-order chi connectivity index (χ0) is 18.9. The fourth-order valence-corrected chi connectivity index (χ4v) is 5.39. The number of benzene rings is 1. The average Bonchev–Trinajstić information content (AvgIpc) is 3.41. The Morgan fingerprint density at radius 1 is 1.19 bits per heavy atom. The predicted molar refractivity (Wildman–Crippen MR) is 101 cm³/mol. The molecule has 0 atom stereocenters. The van der Waals surface area contributed by atoms with Gasteiger partial charge < -0.3 is 4.42 Å². The van der Waals surface area contributed by atoms with Crippen molar-refractivity contribution >= 4 is 27.0 Å². The normalized spacial score (nSPS) is 14.9. The van der Waals surface area contributed by atoms with Crippen molar-refractivity contribution in [3.63, 3.8) is 0 Å². The SMILES string of the molecule is N#Cc1cccc(NS(=O)(=O)c2ccc(-c3nnc(C4CCCC4)o3)s2)c1. The molecule has 0 aliphatic heterocycles. The first-order valence-corrected chi connectivity index (χ1v) is 10.8. The number of hydrogen-bond donors (Lipinski definition) is 1. The van der Waals surface area contributed by atoms with Crippen molar-refractivity contribution in [2.24, 2.45) is 0 Å². The third kappa shape index (κ3) is 3.72. The van der Waals surface area contributed by atoms with E-state index in [4.69, 9.17) is 9.68 Å². The summed E-state index contributed by atoms with van der Waals surface area (Å²) in [6.45, 7) is 0. The van der Waals surface area contributed by atoms with Crippen LogP contribution in [0, 0.1) is 11.3 Å². The molecular formula is C18H16N4O3S2. The van der Waals surface area contributed by atoms with Crippen molar-refractivity contribution in [2.75, 3.05) is 4.72 Å². The number of sulfonamides is 1. The highest BCUT2D eigenvalue weighted by Gasteiger charge is 2.24. The lowest BCUT2D eigenvalue weighted by molar-refractivity contribution is 0.458. The van der Waals surface area contributed by atoms with Gasteiger partial charge in [-0.15, -0.1) is 21.5 Å². The van der Waals surface area contributed by atoms with E-state index in [0.717, 1.165) is 24.2 Å². The van der Waals surface area contributed by atoms with Gasteiger partial charge in [0, 0.05) is 5.92 Å². The van der Waals surface area contributed by atoms with Crippen molar-refractivity contribution in [1.29, 1.82) is 5.26 Å². The molecule has 1 N–H and O–H groups in total. The minimum absolute atomic E-state index is 0.139. The van der Waals surface area contributed by atoms with E-state index in [-0.39, 0.29) is 4.21 Å². The monoisotopic (exact) mass is 400 g/mol. The van der Waals surface area contributed by atoms with E-state index >= 15 is 0 Å². The number of nitrogens with one attached hydrogen (secondary N) is 1. The van der Waals surface area contributed by atoms with Crippen LogP contribution in [0.3, 0.4) is 0 Å². The molecule has 7 nitrogen and oxygen atoms in total. The van der Waals surface area contributed by atoms with Crippen LogP contribution in [0.5, 0.6) is 0 Å². The Morgan fingerprint density at radius 3 is 2.78 bits per heavy atom. The smallest absolute Gasteiger partial charge is 0.271 e. The molecule has 3 aromatic rings. The molecule has 2 heterocycles. The van der Waals surface area contributed by atoms with Crippen molar-refractivity contribution in [2.45, 2.75) is 35.8 Å². The van der Waals surface area contributed by atoms with Gasteiger partial charge >= 0.3 is 0 Å². The van der Waals surface area contributed by atoms with Gasteiger partial charge in [-0.3, -0.25) is 4.72 Å². The van der Waals surface area contributed by atoms with Crippen LogP contribution in [0.15, 0.2) is 45.0 Å². The minimum atomic E-state index is -3.77. The second kappa shape index (κ2) is 7.13. The Hall–Kier alpha value is -2.70. The molecule has 138 valence electrons. The maximum atomic E-state index is 12.6. The van der Waals surface area contributed by atoms with E-state index in [1.54, 1.807) is 24.3 Å². The van der Waals surface area contributed by atoms with Gasteiger partial charge in [0.2, 0.25) is 5.89 Å². The zero-order valence-corrected chi connectivity index (χ0v) is 15.9. The molecule has 1 aliphatic rings. The second-order valence-corrected chi connectivity index (χ2v) is 9.34. The maximum Gasteiger partial charge on any atom is 0.271 e. The molecule has 1 fully saturated rings. The van der Waals surface area contributed by atoms with Gasteiger partial charge in [-0.05, 0) is 43.2 Å². The standard InChI is InChI=1S/C18H16N4O3S2/c19-11-12-4-3-7-14(10-12)22-27(23,24)16-9-8-15(26-16)18-21-20-17(25-18)13-5-1-2-6-13/h3-4,7-10,13,22H,1-2,5-6H2. The Kier molecular flexibility index (Phi) is 4.68. The quantitative estimate of drug-likeness (QED) is 0.690. The van der Waals surface area contributed by atoms with Gasteiger partial charge in [0.1, 0.15) is 4.21 Å². The Labute approximate surface area is 160 Å². The summed E-state index contributed by atoms with van der Waals surface area (Å²) in [5, 5.41) is 17.1. The van der Waals surface area contributed by atoms with Crippen LogP contribution in [-0.2, 0) is 10.0 Å². The number of thiophene rings is 1. The summed E-state index contributed by atoms with van der Waals surface area (Å²) in [6, 6.07) is 11.5. The lowest BCUT2D eigenvalue weighted by atomic mass is 10.1. The summed E-state index contributed by atoms with van der Waals surface area (Å²) in [7, 11) is -3.77. The zero-order valence-electron chi connectivity index (χ0n) is 14.3. The van der Waals surface area contributed by atoms with Gasteiger partial charge in [0.15, 0.2) is 0 Å². The molecule has 27 heavy (non-hydrogen) atoms. The van der Waals surface area contributed by atoms with Gasteiger partial charge in [-0.2, -0.15) is 5.26 Å². The fraction of sp³-hybridized carbons (Fsp3) is 0.278. The first kappa shape index (κ1) is 17.7. The van der Waals surface area contributed by atoms with Gasteiger partial charge in [0.25, 0.3) is 15.9 Å². The molecule has 0 radical (unpaired) electrons. The highest BCUT2D eigenvalue weighted by molar-refractivity contribution is 7.94. The summed E-state index contributed by atoms with van der Waals surface area (Å²) >= 11 is 1.07. The Bertz CT molecular complexity index is 1110. The first-order chi connectivity index (χ1) is 13.0. The molecule has 0 unspecified atom stereocenters. The topological polar surface area (TPSA) is 109 Å². The van der Waals surface area contributed by atoms with E-state index in [1.165, 1.54) is 25.0 Å². The summed E-state index contributed by atoms with van der Waals surface area (Å²) in [5.41, 5.74) is 0.720. The van der Waals surface area contributed by atoms with E-state index < -0.39 is 10.0 Å². The van der Waals surface area contributed by atoms with Crippen molar-refractivity contribution < 1.29 is 12.8 Å². The van der Waals surface area contributed by atoms with Crippen molar-refractivity contribution in [3.05, 3.63) is 47.9 Å². The molecule has 0 saturated heterocycles. The second-order valence-electron chi connectivity index (χ2n) is 6.34. The van der Waals surface area contributed by atoms with E-state index in [9.17, 15) is 8.42 Å². The third-order valence-electron chi connectivity index (χ3n) is 4.45. The van der Waals surface area contributed by atoms with Crippen LogP contribution < -0.4 is 4.72 Å². The van der Waals surface area contributed by atoms with Gasteiger partial charge in [-0.25, -0.2) is 8.42 Å². The highest BCUT2D eigenvalue weighted by atomic mass is 32.2. The number of rotatable bonds is 5. The lowest BCUT2D eigenvalue weighted by Crippen LogP contribution is -2.11. The highest BCUT2D eigenvalue weighted by Crippen LogP contribution is 2.36. The maximum absolute atomic E-state index is 12.6. The molecule has 4 rings (SSSR count). The number of nitriles is 1. The Morgan fingerprint density at radius 2 is 2.00 bits per heavy atom. The molecule has 2 aromatic heterocycles. The van der Waals surface area contributed by atoms with Crippen LogP contribution in [0.25, 0.3) is 10.8 Å². The van der Waals surface area contributed by atoms with Crippen molar-refractivity contribution in [1.82, 2.24) is 10.2 Å². The molecule has 1 aliphatic carbocycles. The molecule has 9 heteroatoms. The number of hydrogen-bond acceptors (Lipinski definition) is 7. The summed E-state index contributed by atoms with van der Waals surface area (Å²) < 4.78 is 33.6. The largest absolute Gasteiger partial charge is 0.420 e. The molecule has 0 spiro atoms. The van der Waals surface area contributed by atoms with Crippen LogP contribution >= 0.6 is 11.3 Å². The average molecular weight is 400 g/mol. The number of nitrogens with zero attached hydrogens (tertiary/aromatic N) is 3. The summed E-state index contributed by atoms with van der Waals surface area (Å²) in [5.74, 6) is 1.28. The number of aromatic nitrogens is 2. The summed E-state index contributed by atoms with van der Waals surface area (Å²) in [6.07, 6.45) is 4.44. The molecule has 0 amide bonds. The summed E-state index contributed by atoms with van der Waals surface area (Å²) in [4.78, 5) is 0.609. The number of anilines is 1. The van der Waals surface area contributed by atoms with Crippen LogP contribution in [-0.4, -0.2) is 18.6 Å². The fourth-order valence-electron chi connectivity index (χ4n) is 3.11. The van der Waals surface area contributed by atoms with E-state index in [0.29, 0.717) is 33.8 Å². The van der Waals surface area contributed by atoms with Gasteiger partial charge in [0.05, 0.1) is 22.2 Å². The minimum Gasteiger partial charge on any atom is -0.420 e. The lowest BCUT2D eigenvalue weighted by Gasteiger charge is -2.06. The molecular weight excluding hydrogens is 384 g/mol. The third-order valence-corrected chi connectivity index (χ3v) is 7.39. The molecule has 1 aromatic carbocycles. The van der Waals surface area contributed by atoms with E-state index in [2.05, 4.69) is 14.9 Å². The van der Waals surface area contributed by atoms with Crippen LogP contribution in [0.1, 0.15) is 43.1 Å². The van der Waals surface area contributed by atoms with Crippen molar-refractivity contribution in [3.8, 4) is 16.8 Å². The molecule has 1 saturated carbocycles. The molecule has 0 bridgehead atoms. The Balaban J connectivity index is 1.55. The first-order valence-electron chi connectivity index (χ1n) is 8.52. The van der Waals surface area contributed by atoms with E-state index in [1.807, 2.05) is 6.07 Å². The van der Waals surface area contributed by atoms with Crippen LogP contribution in [0.2, 0.25) is 0 Å².